The van der Waals surface area contributed by atoms with Gasteiger partial charge in [0.1, 0.15) is 0 Å². The molecule has 1 unspecified atom stereocenters. The van der Waals surface area contributed by atoms with Crippen LogP contribution in [0.2, 0.25) is 0 Å². The van der Waals surface area contributed by atoms with Crippen molar-refractivity contribution >= 4 is 63.3 Å². The van der Waals surface area contributed by atoms with Gasteiger partial charge in [0.15, 0.2) is 0 Å². The highest BCUT2D eigenvalue weighted by Gasteiger charge is 2.17. The summed E-state index contributed by atoms with van der Waals surface area (Å²) in [5, 5.41) is 8.92. The highest BCUT2D eigenvalue weighted by Crippen LogP contribution is 2.26. The lowest BCUT2D eigenvalue weighted by Crippen LogP contribution is -2.39. The van der Waals surface area contributed by atoms with E-state index in [0.29, 0.717) is 17.8 Å². The maximum atomic E-state index is 12.1. The van der Waals surface area contributed by atoms with Crippen molar-refractivity contribution in [1.82, 2.24) is 5.32 Å². The molecule has 122 valence electrons. The van der Waals surface area contributed by atoms with Gasteiger partial charge in [-0.2, -0.15) is 11.8 Å². The van der Waals surface area contributed by atoms with Crippen LogP contribution in [0, 0.1) is 0 Å². The third kappa shape index (κ3) is 6.16. The molecule has 1 saturated heterocycles. The first-order valence-corrected chi connectivity index (χ1v) is 8.67. The number of nitrogens with one attached hydrogen (secondary N) is 3. The SMILES string of the molecule is CC(=O)Nc1ccc(Br)cc1NC(=O)CC1CSCCN1.Cl. The van der Waals surface area contributed by atoms with E-state index < -0.39 is 0 Å². The first-order valence-electron chi connectivity index (χ1n) is 6.72. The van der Waals surface area contributed by atoms with Crippen LogP contribution in [0.15, 0.2) is 22.7 Å². The summed E-state index contributed by atoms with van der Waals surface area (Å²) in [6, 6.07) is 5.57. The Labute approximate surface area is 148 Å². The van der Waals surface area contributed by atoms with Gasteiger partial charge in [-0.1, -0.05) is 15.9 Å². The van der Waals surface area contributed by atoms with Gasteiger partial charge in [-0.15, -0.1) is 12.4 Å². The lowest BCUT2D eigenvalue weighted by Gasteiger charge is -2.22. The maximum absolute atomic E-state index is 12.1. The fourth-order valence-electron chi connectivity index (χ4n) is 2.09. The summed E-state index contributed by atoms with van der Waals surface area (Å²) in [4.78, 5) is 23.3. The van der Waals surface area contributed by atoms with Gasteiger partial charge < -0.3 is 16.0 Å². The van der Waals surface area contributed by atoms with Gasteiger partial charge in [0, 0.05) is 41.9 Å². The smallest absolute Gasteiger partial charge is 0.226 e. The van der Waals surface area contributed by atoms with E-state index in [9.17, 15) is 9.59 Å². The van der Waals surface area contributed by atoms with E-state index in [4.69, 9.17) is 0 Å². The number of carbonyl (C=O) groups is 2. The number of anilines is 2. The van der Waals surface area contributed by atoms with Crippen LogP contribution < -0.4 is 16.0 Å². The lowest BCUT2D eigenvalue weighted by atomic mass is 10.2. The molecule has 5 nitrogen and oxygen atoms in total. The molecule has 1 aromatic rings. The number of hydrogen-bond acceptors (Lipinski definition) is 4. The first-order chi connectivity index (χ1) is 10.0. The monoisotopic (exact) mass is 407 g/mol. The molecule has 1 fully saturated rings. The minimum absolute atomic E-state index is 0. The van der Waals surface area contributed by atoms with Gasteiger partial charge in [-0.25, -0.2) is 0 Å². The summed E-state index contributed by atoms with van der Waals surface area (Å²) in [5.41, 5.74) is 1.21. The summed E-state index contributed by atoms with van der Waals surface area (Å²) in [6.45, 7) is 2.38. The zero-order valence-electron chi connectivity index (χ0n) is 12.1. The Morgan fingerprint density at radius 3 is 2.77 bits per heavy atom. The topological polar surface area (TPSA) is 70.2 Å². The quantitative estimate of drug-likeness (QED) is 0.716. The van der Waals surface area contributed by atoms with E-state index in [1.807, 2.05) is 17.8 Å². The van der Waals surface area contributed by atoms with Crippen molar-refractivity contribution in [3.8, 4) is 0 Å². The minimum Gasteiger partial charge on any atom is -0.325 e. The molecule has 1 heterocycles. The molecule has 2 rings (SSSR count). The number of carbonyl (C=O) groups excluding carboxylic acids is 2. The van der Waals surface area contributed by atoms with E-state index in [0.717, 1.165) is 22.5 Å². The second-order valence-corrected chi connectivity index (χ2v) is 6.91. The Bertz CT molecular complexity index is 539. The molecule has 3 N–H and O–H groups in total. The van der Waals surface area contributed by atoms with E-state index in [1.54, 1.807) is 12.1 Å². The predicted octanol–water partition coefficient (Wildman–Crippen LogP) is 2.86. The van der Waals surface area contributed by atoms with Gasteiger partial charge in [0.25, 0.3) is 0 Å². The zero-order valence-corrected chi connectivity index (χ0v) is 15.4. The van der Waals surface area contributed by atoms with Gasteiger partial charge in [-0.3, -0.25) is 9.59 Å². The van der Waals surface area contributed by atoms with Crippen molar-refractivity contribution in [3.05, 3.63) is 22.7 Å². The van der Waals surface area contributed by atoms with Crippen molar-refractivity contribution in [2.45, 2.75) is 19.4 Å². The molecule has 0 aliphatic carbocycles. The second-order valence-electron chi connectivity index (χ2n) is 4.85. The highest BCUT2D eigenvalue weighted by atomic mass is 79.9. The van der Waals surface area contributed by atoms with Crippen LogP contribution in [0.5, 0.6) is 0 Å². The zero-order chi connectivity index (χ0) is 15.2. The van der Waals surface area contributed by atoms with Crippen molar-refractivity contribution in [3.63, 3.8) is 0 Å². The summed E-state index contributed by atoms with van der Waals surface area (Å²) in [6.07, 6.45) is 0.430. The normalized spacial score (nSPS) is 17.3. The van der Waals surface area contributed by atoms with E-state index >= 15 is 0 Å². The molecule has 22 heavy (non-hydrogen) atoms. The van der Waals surface area contributed by atoms with Crippen LogP contribution in [-0.2, 0) is 9.59 Å². The lowest BCUT2D eigenvalue weighted by molar-refractivity contribution is -0.116. The Morgan fingerprint density at radius 1 is 1.36 bits per heavy atom. The number of hydrogen-bond donors (Lipinski definition) is 3. The molecule has 8 heteroatoms. The van der Waals surface area contributed by atoms with Crippen LogP contribution in [0.25, 0.3) is 0 Å². The van der Waals surface area contributed by atoms with Crippen LogP contribution in [0.4, 0.5) is 11.4 Å². The Balaban J connectivity index is 0.00000242. The van der Waals surface area contributed by atoms with Crippen molar-refractivity contribution < 1.29 is 9.59 Å². The molecule has 0 radical (unpaired) electrons. The molecule has 2 amide bonds. The molecule has 1 aromatic carbocycles. The Hall–Kier alpha value is -0.760. The fourth-order valence-corrected chi connectivity index (χ4v) is 3.40. The standard InChI is InChI=1S/C14H18BrN3O2S.ClH/c1-9(19)17-12-3-2-10(15)6-13(12)18-14(20)7-11-8-21-5-4-16-11;/h2-3,6,11,16H,4-5,7-8H2,1H3,(H,17,19)(H,18,20);1H. The fraction of sp³-hybridized carbons (Fsp3) is 0.429. The molecular formula is C14H19BrClN3O2S. The molecule has 0 saturated carbocycles. The molecule has 1 atom stereocenters. The summed E-state index contributed by atoms with van der Waals surface area (Å²) in [5.74, 6) is 1.82. The average Bonchev–Trinajstić information content (AvgIpc) is 2.42. The van der Waals surface area contributed by atoms with Gasteiger partial charge in [0.05, 0.1) is 11.4 Å². The third-order valence-corrected chi connectivity index (χ3v) is 4.62. The van der Waals surface area contributed by atoms with Crippen molar-refractivity contribution in [2.75, 3.05) is 28.7 Å². The average molecular weight is 409 g/mol. The summed E-state index contributed by atoms with van der Waals surface area (Å²) in [7, 11) is 0. The molecular weight excluding hydrogens is 390 g/mol. The van der Waals surface area contributed by atoms with Gasteiger partial charge in [-0.05, 0) is 18.2 Å². The van der Waals surface area contributed by atoms with Crippen LogP contribution in [-0.4, -0.2) is 35.9 Å². The van der Waals surface area contributed by atoms with E-state index in [-0.39, 0.29) is 30.3 Å². The van der Waals surface area contributed by atoms with Crippen molar-refractivity contribution in [1.29, 1.82) is 0 Å². The number of halogens is 2. The van der Waals surface area contributed by atoms with E-state index in [1.165, 1.54) is 6.92 Å². The Kier molecular flexibility index (Phi) is 8.24. The molecule has 1 aliphatic rings. The number of benzene rings is 1. The minimum atomic E-state index is -0.168. The summed E-state index contributed by atoms with van der Waals surface area (Å²) >= 11 is 5.23. The second kappa shape index (κ2) is 9.39. The first kappa shape index (κ1) is 19.3. The number of rotatable bonds is 4. The molecule has 0 spiro atoms. The highest BCUT2D eigenvalue weighted by molar-refractivity contribution is 9.10. The van der Waals surface area contributed by atoms with Crippen LogP contribution in [0.3, 0.4) is 0 Å². The Morgan fingerprint density at radius 2 is 2.14 bits per heavy atom. The van der Waals surface area contributed by atoms with Crippen LogP contribution >= 0.6 is 40.1 Å². The molecule has 0 bridgehead atoms. The van der Waals surface area contributed by atoms with E-state index in [2.05, 4.69) is 31.9 Å². The molecule has 1 aliphatic heterocycles. The maximum Gasteiger partial charge on any atom is 0.226 e. The third-order valence-electron chi connectivity index (χ3n) is 3.00. The molecule has 0 aromatic heterocycles. The van der Waals surface area contributed by atoms with Gasteiger partial charge in [0.2, 0.25) is 11.8 Å². The van der Waals surface area contributed by atoms with Gasteiger partial charge >= 0.3 is 0 Å². The largest absolute Gasteiger partial charge is 0.325 e. The number of thioether (sulfide) groups is 1. The number of amides is 2. The van der Waals surface area contributed by atoms with Crippen LogP contribution in [0.1, 0.15) is 13.3 Å². The summed E-state index contributed by atoms with van der Waals surface area (Å²) < 4.78 is 0.846. The van der Waals surface area contributed by atoms with Crippen molar-refractivity contribution in [2.24, 2.45) is 0 Å². The predicted molar refractivity (Wildman–Crippen MR) is 98.1 cm³/mol.